The molecule has 15 heteroatoms. The lowest BCUT2D eigenvalue weighted by Gasteiger charge is -2.35. The first kappa shape index (κ1) is 44.4. The van der Waals surface area contributed by atoms with E-state index in [1.165, 1.54) is 41.3 Å². The van der Waals surface area contributed by atoms with Crippen LogP contribution < -0.4 is 5.32 Å². The average Bonchev–Trinajstić information content (AvgIpc) is 3.99. The van der Waals surface area contributed by atoms with Gasteiger partial charge in [-0.2, -0.15) is 4.31 Å². The van der Waals surface area contributed by atoms with Crippen molar-refractivity contribution in [1.29, 1.82) is 0 Å². The molecule has 1 saturated carbocycles. The number of nitrogens with zero attached hydrogens (tertiary/aromatic N) is 3. The number of likely N-dealkylation sites (tertiary alicyclic amines) is 1. The van der Waals surface area contributed by atoms with Gasteiger partial charge in [-0.25, -0.2) is 22.2 Å². The van der Waals surface area contributed by atoms with E-state index in [1.54, 1.807) is 18.2 Å². The zero-order valence-electron chi connectivity index (χ0n) is 34.9. The molecule has 326 valence electrons. The van der Waals surface area contributed by atoms with Gasteiger partial charge in [-0.05, 0) is 105 Å². The number of carbonyl (C=O) groups excluding carboxylic acids is 1. The van der Waals surface area contributed by atoms with Crippen LogP contribution in [-0.4, -0.2) is 110 Å². The van der Waals surface area contributed by atoms with Crippen LogP contribution in [0.3, 0.4) is 0 Å². The Morgan fingerprint density at radius 3 is 2.41 bits per heavy atom. The van der Waals surface area contributed by atoms with E-state index in [9.17, 15) is 27.1 Å². The molecule has 0 amide bonds. The molecule has 3 saturated heterocycles. The van der Waals surface area contributed by atoms with Gasteiger partial charge >= 0.3 is 5.97 Å². The van der Waals surface area contributed by atoms with Gasteiger partial charge in [0.2, 0.25) is 10.0 Å². The van der Waals surface area contributed by atoms with Crippen LogP contribution in [0.25, 0.3) is 10.2 Å². The molecule has 0 radical (unpaired) electrons. The molecule has 0 spiro atoms. The number of rotatable bonds is 18. The summed E-state index contributed by atoms with van der Waals surface area (Å²) in [5, 5.41) is 16.4. The van der Waals surface area contributed by atoms with Gasteiger partial charge in [-0.3, -0.25) is 4.79 Å². The normalized spacial score (nSPS) is 24.5. The van der Waals surface area contributed by atoms with Crippen LogP contribution in [0.15, 0.2) is 41.3 Å². The van der Waals surface area contributed by atoms with E-state index in [4.69, 9.17) is 19.2 Å². The molecule has 3 aliphatic heterocycles. The number of sulfonamides is 1. The molecule has 3 aromatic rings. The highest BCUT2D eigenvalue weighted by Gasteiger charge is 2.50. The third kappa shape index (κ3) is 11.3. The van der Waals surface area contributed by atoms with Crippen molar-refractivity contribution in [1.82, 2.24) is 19.5 Å². The van der Waals surface area contributed by atoms with Gasteiger partial charge in [0, 0.05) is 43.6 Å². The zero-order valence-corrected chi connectivity index (χ0v) is 36.5. The molecule has 1 aliphatic carbocycles. The smallest absolute Gasteiger partial charge is 0.306 e. The number of esters is 1. The molecule has 7 rings (SSSR count). The number of hydrogen-bond acceptors (Lipinski definition) is 11. The molecule has 4 fully saturated rings. The lowest BCUT2D eigenvalue weighted by Crippen LogP contribution is -2.44. The number of aliphatic hydroxyl groups is 1. The van der Waals surface area contributed by atoms with Crippen molar-refractivity contribution in [3.05, 3.63) is 58.6 Å². The molecule has 2 N–H and O–H groups in total. The van der Waals surface area contributed by atoms with Crippen molar-refractivity contribution in [2.45, 2.75) is 121 Å². The maximum atomic E-state index is 14.4. The number of halogens is 2. The van der Waals surface area contributed by atoms with Crippen LogP contribution in [0.5, 0.6) is 0 Å². The minimum Gasteiger partial charge on any atom is -0.459 e. The molecule has 6 atom stereocenters. The molecule has 2 aromatic carbocycles. The van der Waals surface area contributed by atoms with Crippen LogP contribution in [-0.2, 0) is 41.9 Å². The summed E-state index contributed by atoms with van der Waals surface area (Å²) in [6.07, 6.45) is 5.58. The molecular weight excluding hydrogens is 799 g/mol. The topological polar surface area (TPSA) is 131 Å². The Bertz CT molecular complexity index is 1970. The first-order valence-electron chi connectivity index (χ1n) is 21.6. The lowest BCUT2D eigenvalue weighted by atomic mass is 9.90. The second kappa shape index (κ2) is 19.6. The summed E-state index contributed by atoms with van der Waals surface area (Å²) >= 11 is 1.53. The van der Waals surface area contributed by atoms with Gasteiger partial charge in [0.1, 0.15) is 17.7 Å². The summed E-state index contributed by atoms with van der Waals surface area (Å²) in [6, 6.07) is 8.73. The first-order valence-corrected chi connectivity index (χ1v) is 23.9. The number of fused-ring (bicyclic) bond motifs is 2. The van der Waals surface area contributed by atoms with Crippen LogP contribution in [0.4, 0.5) is 8.78 Å². The summed E-state index contributed by atoms with van der Waals surface area (Å²) in [6.45, 7) is 11.3. The van der Waals surface area contributed by atoms with Gasteiger partial charge < -0.3 is 29.5 Å². The van der Waals surface area contributed by atoms with E-state index >= 15 is 0 Å². The highest BCUT2D eigenvalue weighted by atomic mass is 32.2. The summed E-state index contributed by atoms with van der Waals surface area (Å²) in [4.78, 5) is 21.3. The zero-order chi connectivity index (χ0) is 41.8. The fourth-order valence-electron chi connectivity index (χ4n) is 9.43. The van der Waals surface area contributed by atoms with Crippen LogP contribution in [0, 0.1) is 41.2 Å². The lowest BCUT2D eigenvalue weighted by molar-refractivity contribution is -0.153. The number of thiazole rings is 1. The molecule has 0 unspecified atom stereocenters. The van der Waals surface area contributed by atoms with Crippen LogP contribution in [0.1, 0.15) is 83.2 Å². The van der Waals surface area contributed by atoms with Gasteiger partial charge in [-0.15, -0.1) is 11.3 Å². The Balaban J connectivity index is 1.05. The quantitative estimate of drug-likeness (QED) is 0.136. The summed E-state index contributed by atoms with van der Waals surface area (Å²) in [7, 11) is -4.14. The summed E-state index contributed by atoms with van der Waals surface area (Å²) in [5.41, 5.74) is 0.990. The third-order valence-electron chi connectivity index (χ3n) is 12.5. The summed E-state index contributed by atoms with van der Waals surface area (Å²) < 4.78 is 77.2. The summed E-state index contributed by atoms with van der Waals surface area (Å²) in [5.74, 6) is -2.51. The second-order valence-corrected chi connectivity index (χ2v) is 21.2. The van der Waals surface area contributed by atoms with Gasteiger partial charge in [0.05, 0.1) is 51.8 Å². The predicted octanol–water partition coefficient (Wildman–Crippen LogP) is 6.56. The van der Waals surface area contributed by atoms with Crippen molar-refractivity contribution < 1.29 is 41.3 Å². The van der Waals surface area contributed by atoms with Gasteiger partial charge in [-0.1, -0.05) is 40.5 Å². The molecule has 1 aromatic heterocycles. The molecule has 59 heavy (non-hydrogen) atoms. The minimum absolute atomic E-state index is 0.0747. The van der Waals surface area contributed by atoms with Crippen LogP contribution >= 0.6 is 11.3 Å². The number of ether oxygens (including phenoxy) is 3. The Labute approximate surface area is 352 Å². The number of hydrogen-bond donors (Lipinski definition) is 2. The van der Waals surface area contributed by atoms with Crippen molar-refractivity contribution in [2.24, 2.45) is 29.6 Å². The van der Waals surface area contributed by atoms with E-state index in [1.807, 2.05) is 13.8 Å². The first-order chi connectivity index (χ1) is 28.2. The monoisotopic (exact) mass is 860 g/mol. The number of carbonyl (C=O) groups is 1. The fourth-order valence-corrected chi connectivity index (χ4v) is 12.3. The molecule has 4 aliphatic rings. The van der Waals surface area contributed by atoms with Gasteiger partial charge in [0.15, 0.2) is 6.29 Å². The van der Waals surface area contributed by atoms with Crippen molar-refractivity contribution in [3.63, 3.8) is 0 Å². The average molecular weight is 861 g/mol. The number of aliphatic hydroxyl groups excluding tert-OH is 1. The number of nitrogens with one attached hydrogen (secondary N) is 1. The van der Waals surface area contributed by atoms with Crippen molar-refractivity contribution in [2.75, 3.05) is 45.9 Å². The largest absolute Gasteiger partial charge is 0.459 e. The Hall–Kier alpha value is -2.63. The molecule has 0 bridgehead atoms. The minimum atomic E-state index is -4.14. The van der Waals surface area contributed by atoms with Crippen molar-refractivity contribution >= 4 is 37.5 Å². The number of aromatic nitrogens is 1. The van der Waals surface area contributed by atoms with Gasteiger partial charge in [0.25, 0.3) is 0 Å². The molecular formula is C44H62F2N4O7S2. The van der Waals surface area contributed by atoms with Crippen LogP contribution in [0.2, 0.25) is 0 Å². The Kier molecular flexibility index (Phi) is 14.8. The second-order valence-electron chi connectivity index (χ2n) is 18.1. The Morgan fingerprint density at radius 2 is 1.71 bits per heavy atom. The number of piperidine rings is 1. The Morgan fingerprint density at radius 1 is 1.00 bits per heavy atom. The maximum Gasteiger partial charge on any atom is 0.306 e. The molecule has 4 heterocycles. The predicted molar refractivity (Wildman–Crippen MR) is 223 cm³/mol. The van der Waals surface area contributed by atoms with E-state index in [0.717, 1.165) is 78.4 Å². The SMILES string of the molecule is CC(C)CN[C@H]1CO[C@@H]2OC[C@H](OC(=O)C[C@@H](Cc3cc(F)cc(F)c3)[C@@H](O)CN(CC(C)C)S(=O)(=O)c3ccc4nc(CC5CCN(C6CCCC6)CC5)sc4c3)[C@@H]21. The standard InChI is InChI=1S/C44H62F2N4O7S2/c1-27(2)22-47-37-25-55-44-43(37)39(26-56-44)57-42(52)19-31(15-30-16-32(45)20-33(46)17-30)38(51)24-50(23-28(3)4)59(53,54)35-9-10-36-40(21-35)58-41(48-36)18-29-11-13-49(14-12-29)34-7-5-6-8-34/h9-10,16-17,20-21,27-29,31,34,37-39,43-44,47,51H,5-8,11-15,18-19,22-26H2,1-4H3/t31-,37+,38+,39+,43+,44-/m1/s1. The van der Waals surface area contributed by atoms with E-state index in [0.29, 0.717) is 18.4 Å². The van der Waals surface area contributed by atoms with E-state index < -0.39 is 52.0 Å². The highest BCUT2D eigenvalue weighted by molar-refractivity contribution is 7.89. The number of benzene rings is 2. The highest BCUT2D eigenvalue weighted by Crippen LogP contribution is 2.36. The van der Waals surface area contributed by atoms with E-state index in [-0.39, 0.29) is 60.9 Å². The van der Waals surface area contributed by atoms with Crippen molar-refractivity contribution in [3.8, 4) is 0 Å². The maximum absolute atomic E-state index is 14.4. The fraction of sp³-hybridized carbons (Fsp3) is 0.682. The molecule has 11 nitrogen and oxygen atoms in total. The van der Waals surface area contributed by atoms with E-state index in [2.05, 4.69) is 24.1 Å². The third-order valence-corrected chi connectivity index (χ3v) is 15.4.